The molecular weight excluding hydrogens is 238 g/mol. The van der Waals surface area contributed by atoms with Crippen molar-refractivity contribution >= 4 is 5.69 Å². The van der Waals surface area contributed by atoms with E-state index in [1.807, 2.05) is 0 Å². The van der Waals surface area contributed by atoms with Crippen LogP contribution in [0.15, 0.2) is 24.3 Å². The highest BCUT2D eigenvalue weighted by atomic mass is 16.5. The van der Waals surface area contributed by atoms with Crippen molar-refractivity contribution in [1.29, 1.82) is 0 Å². The lowest BCUT2D eigenvalue weighted by atomic mass is 10.1. The molecule has 104 valence electrons. The van der Waals surface area contributed by atoms with Crippen LogP contribution < -0.4 is 10.1 Å². The van der Waals surface area contributed by atoms with Crippen LogP contribution in [0.3, 0.4) is 0 Å². The van der Waals surface area contributed by atoms with Gasteiger partial charge in [-0.25, -0.2) is 0 Å². The molecule has 0 spiro atoms. The maximum atomic E-state index is 5.97. The molecule has 2 fully saturated rings. The second-order valence-electron chi connectivity index (χ2n) is 5.61. The molecule has 0 radical (unpaired) electrons. The van der Waals surface area contributed by atoms with Gasteiger partial charge in [-0.2, -0.15) is 0 Å². The standard InChI is InChI=1S/C16H23NO2/c1-2-6-15(5-1)19-16-9-7-13(8-10-16)17-14-4-3-11-18-12-14/h7-10,14-15,17H,1-6,11-12H2. The molecule has 3 heteroatoms. The van der Waals surface area contributed by atoms with Gasteiger partial charge < -0.3 is 14.8 Å². The van der Waals surface area contributed by atoms with Crippen LogP contribution in [0.4, 0.5) is 5.69 Å². The second kappa shape index (κ2) is 6.29. The number of nitrogens with one attached hydrogen (secondary N) is 1. The van der Waals surface area contributed by atoms with Gasteiger partial charge in [0, 0.05) is 18.3 Å². The van der Waals surface area contributed by atoms with Crippen LogP contribution in [0.25, 0.3) is 0 Å². The van der Waals surface area contributed by atoms with Crippen LogP contribution in [0.1, 0.15) is 38.5 Å². The van der Waals surface area contributed by atoms with Crippen LogP contribution in [0.2, 0.25) is 0 Å². The van der Waals surface area contributed by atoms with E-state index in [0.29, 0.717) is 12.1 Å². The van der Waals surface area contributed by atoms with E-state index in [9.17, 15) is 0 Å². The zero-order valence-electron chi connectivity index (χ0n) is 11.4. The molecule has 3 rings (SSSR count). The molecule has 0 amide bonds. The zero-order valence-corrected chi connectivity index (χ0v) is 11.4. The minimum atomic E-state index is 0.436. The van der Waals surface area contributed by atoms with Gasteiger partial charge in [0.25, 0.3) is 0 Å². The maximum Gasteiger partial charge on any atom is 0.119 e. The average Bonchev–Trinajstić information content (AvgIpc) is 2.95. The number of hydrogen-bond acceptors (Lipinski definition) is 3. The Morgan fingerprint density at radius 3 is 2.47 bits per heavy atom. The van der Waals surface area contributed by atoms with Crippen molar-refractivity contribution in [2.75, 3.05) is 18.5 Å². The third-order valence-electron chi connectivity index (χ3n) is 3.99. The molecule has 1 aromatic carbocycles. The summed E-state index contributed by atoms with van der Waals surface area (Å²) in [5.74, 6) is 0.998. The van der Waals surface area contributed by atoms with Crippen LogP contribution in [-0.4, -0.2) is 25.4 Å². The molecule has 1 heterocycles. The van der Waals surface area contributed by atoms with Crippen molar-refractivity contribution < 1.29 is 9.47 Å². The lowest BCUT2D eigenvalue weighted by molar-refractivity contribution is 0.0876. The smallest absolute Gasteiger partial charge is 0.119 e. The summed E-state index contributed by atoms with van der Waals surface area (Å²) in [6.45, 7) is 1.73. The summed E-state index contributed by atoms with van der Waals surface area (Å²) in [4.78, 5) is 0. The third kappa shape index (κ3) is 3.63. The van der Waals surface area contributed by atoms with E-state index >= 15 is 0 Å². The maximum absolute atomic E-state index is 5.97. The normalized spacial score (nSPS) is 24.3. The predicted molar refractivity (Wildman–Crippen MR) is 76.8 cm³/mol. The van der Waals surface area contributed by atoms with Crippen molar-refractivity contribution in [3.63, 3.8) is 0 Å². The highest BCUT2D eigenvalue weighted by Gasteiger charge is 2.16. The summed E-state index contributed by atoms with van der Waals surface area (Å²) in [5, 5.41) is 3.52. The van der Waals surface area contributed by atoms with E-state index in [4.69, 9.17) is 9.47 Å². The molecule has 2 aliphatic rings. The van der Waals surface area contributed by atoms with E-state index in [0.717, 1.165) is 31.1 Å². The van der Waals surface area contributed by atoms with Gasteiger partial charge in [0.2, 0.25) is 0 Å². The van der Waals surface area contributed by atoms with Crippen molar-refractivity contribution in [1.82, 2.24) is 0 Å². The summed E-state index contributed by atoms with van der Waals surface area (Å²) in [6, 6.07) is 8.82. The Labute approximate surface area is 115 Å². The molecule has 0 bridgehead atoms. The van der Waals surface area contributed by atoms with E-state index < -0.39 is 0 Å². The Kier molecular flexibility index (Phi) is 4.23. The van der Waals surface area contributed by atoms with E-state index in [-0.39, 0.29) is 0 Å². The molecule has 1 aliphatic heterocycles. The van der Waals surface area contributed by atoms with Gasteiger partial charge in [-0.05, 0) is 62.8 Å². The first-order valence-electron chi connectivity index (χ1n) is 7.51. The highest BCUT2D eigenvalue weighted by Crippen LogP contribution is 2.25. The minimum absolute atomic E-state index is 0.436. The van der Waals surface area contributed by atoms with Crippen molar-refractivity contribution in [2.45, 2.75) is 50.7 Å². The average molecular weight is 261 g/mol. The Morgan fingerprint density at radius 2 is 1.79 bits per heavy atom. The van der Waals surface area contributed by atoms with Gasteiger partial charge in [-0.15, -0.1) is 0 Å². The highest BCUT2D eigenvalue weighted by molar-refractivity contribution is 5.47. The first-order chi connectivity index (χ1) is 9.40. The first-order valence-corrected chi connectivity index (χ1v) is 7.51. The molecule has 1 atom stereocenters. The quantitative estimate of drug-likeness (QED) is 0.898. The predicted octanol–water partition coefficient (Wildman–Crippen LogP) is 3.60. The molecular formula is C16H23NO2. The third-order valence-corrected chi connectivity index (χ3v) is 3.99. The van der Waals surface area contributed by atoms with Crippen LogP contribution in [0, 0.1) is 0 Å². The van der Waals surface area contributed by atoms with Crippen LogP contribution in [0.5, 0.6) is 5.75 Å². The SMILES string of the molecule is c1cc(OC2CCCC2)ccc1NC1CCCOC1. The topological polar surface area (TPSA) is 30.5 Å². The summed E-state index contributed by atoms with van der Waals surface area (Å²) in [6.07, 6.45) is 7.82. The minimum Gasteiger partial charge on any atom is -0.490 e. The number of rotatable bonds is 4. The van der Waals surface area contributed by atoms with Gasteiger partial charge in [-0.1, -0.05) is 0 Å². The lowest BCUT2D eigenvalue weighted by Gasteiger charge is -2.24. The monoisotopic (exact) mass is 261 g/mol. The Morgan fingerprint density at radius 1 is 1.00 bits per heavy atom. The number of benzene rings is 1. The van der Waals surface area contributed by atoms with Crippen LogP contribution >= 0.6 is 0 Å². The number of hydrogen-bond donors (Lipinski definition) is 1. The van der Waals surface area contributed by atoms with Gasteiger partial charge in [-0.3, -0.25) is 0 Å². The largest absolute Gasteiger partial charge is 0.490 e. The van der Waals surface area contributed by atoms with Gasteiger partial charge >= 0.3 is 0 Å². The summed E-state index contributed by atoms with van der Waals surface area (Å²) in [5.41, 5.74) is 1.16. The molecule has 19 heavy (non-hydrogen) atoms. The van der Waals surface area contributed by atoms with E-state index in [2.05, 4.69) is 29.6 Å². The molecule has 0 aromatic heterocycles. The Balaban J connectivity index is 1.52. The van der Waals surface area contributed by atoms with Gasteiger partial charge in [0.1, 0.15) is 5.75 Å². The molecule has 3 nitrogen and oxygen atoms in total. The molecule has 1 saturated heterocycles. The summed E-state index contributed by atoms with van der Waals surface area (Å²) < 4.78 is 11.4. The summed E-state index contributed by atoms with van der Waals surface area (Å²) >= 11 is 0. The Bertz CT molecular complexity index is 378. The molecule has 1 N–H and O–H groups in total. The van der Waals surface area contributed by atoms with E-state index in [1.165, 1.54) is 32.1 Å². The van der Waals surface area contributed by atoms with Crippen molar-refractivity contribution in [2.24, 2.45) is 0 Å². The van der Waals surface area contributed by atoms with Gasteiger partial charge in [0.15, 0.2) is 0 Å². The fraction of sp³-hybridized carbons (Fsp3) is 0.625. The number of anilines is 1. The molecule has 1 unspecified atom stereocenters. The van der Waals surface area contributed by atoms with Crippen molar-refractivity contribution in [3.8, 4) is 5.75 Å². The Hall–Kier alpha value is -1.22. The van der Waals surface area contributed by atoms with Crippen LogP contribution in [-0.2, 0) is 4.74 Å². The lowest BCUT2D eigenvalue weighted by Crippen LogP contribution is -2.29. The van der Waals surface area contributed by atoms with E-state index in [1.54, 1.807) is 0 Å². The molecule has 1 aromatic rings. The summed E-state index contributed by atoms with van der Waals surface area (Å²) in [7, 11) is 0. The second-order valence-corrected chi connectivity index (χ2v) is 5.61. The fourth-order valence-corrected chi connectivity index (χ4v) is 2.92. The van der Waals surface area contributed by atoms with Crippen molar-refractivity contribution in [3.05, 3.63) is 24.3 Å². The fourth-order valence-electron chi connectivity index (χ4n) is 2.92. The number of ether oxygens (including phenoxy) is 2. The van der Waals surface area contributed by atoms with Gasteiger partial charge in [0.05, 0.1) is 12.7 Å². The first kappa shape index (κ1) is 12.8. The molecule has 1 saturated carbocycles. The zero-order chi connectivity index (χ0) is 12.9. The molecule has 1 aliphatic carbocycles.